The van der Waals surface area contributed by atoms with Crippen LogP contribution in [0.2, 0.25) is 5.02 Å². The van der Waals surface area contributed by atoms with Crippen LogP contribution in [-0.2, 0) is 6.42 Å². The standard InChI is InChI=1S/C20H27ClN4O/c1-14(26)13-24-8-10-25(11-9-24)20-19(15(2)22-16(3)23-20)12-17-4-6-18(21)7-5-17/h4-7,14,26H,8-13H2,1-3H3. The summed E-state index contributed by atoms with van der Waals surface area (Å²) in [6.45, 7) is 10.3. The number of benzene rings is 1. The van der Waals surface area contributed by atoms with Crippen molar-refractivity contribution in [1.82, 2.24) is 14.9 Å². The second-order valence-corrected chi connectivity index (χ2v) is 7.53. The number of piperazine rings is 1. The van der Waals surface area contributed by atoms with Gasteiger partial charge in [-0.15, -0.1) is 0 Å². The highest BCUT2D eigenvalue weighted by molar-refractivity contribution is 6.30. The number of rotatable bonds is 5. The Labute approximate surface area is 160 Å². The minimum Gasteiger partial charge on any atom is -0.392 e. The van der Waals surface area contributed by atoms with E-state index in [1.807, 2.05) is 26.0 Å². The molecule has 26 heavy (non-hydrogen) atoms. The molecule has 0 spiro atoms. The van der Waals surface area contributed by atoms with E-state index in [4.69, 9.17) is 16.6 Å². The average molecular weight is 375 g/mol. The fourth-order valence-corrected chi connectivity index (χ4v) is 3.63. The fraction of sp³-hybridized carbons (Fsp3) is 0.500. The zero-order valence-corrected chi connectivity index (χ0v) is 16.5. The minimum atomic E-state index is -0.287. The summed E-state index contributed by atoms with van der Waals surface area (Å²) in [7, 11) is 0. The second kappa shape index (κ2) is 8.33. The van der Waals surface area contributed by atoms with Crippen LogP contribution in [0.15, 0.2) is 24.3 Å². The smallest absolute Gasteiger partial charge is 0.136 e. The maximum Gasteiger partial charge on any atom is 0.136 e. The van der Waals surface area contributed by atoms with Gasteiger partial charge in [0.15, 0.2) is 0 Å². The van der Waals surface area contributed by atoms with Crippen molar-refractivity contribution in [2.24, 2.45) is 0 Å². The number of nitrogens with zero attached hydrogens (tertiary/aromatic N) is 4. The molecule has 1 aromatic carbocycles. The number of hydrogen-bond acceptors (Lipinski definition) is 5. The van der Waals surface area contributed by atoms with Crippen LogP contribution in [0.5, 0.6) is 0 Å². The van der Waals surface area contributed by atoms with Crippen molar-refractivity contribution in [3.63, 3.8) is 0 Å². The molecule has 1 N–H and O–H groups in total. The van der Waals surface area contributed by atoms with E-state index in [1.165, 1.54) is 11.1 Å². The fourth-order valence-electron chi connectivity index (χ4n) is 3.51. The molecule has 0 radical (unpaired) electrons. The Bertz CT molecular complexity index is 740. The summed E-state index contributed by atoms with van der Waals surface area (Å²) in [5.74, 6) is 1.85. The van der Waals surface area contributed by atoms with Crippen LogP contribution in [0.4, 0.5) is 5.82 Å². The van der Waals surface area contributed by atoms with Crippen LogP contribution in [0.25, 0.3) is 0 Å². The Hall–Kier alpha value is -1.69. The zero-order chi connectivity index (χ0) is 18.7. The Balaban J connectivity index is 1.81. The normalized spacial score (nSPS) is 16.7. The molecule has 1 aliphatic heterocycles. The molecule has 6 heteroatoms. The van der Waals surface area contributed by atoms with Gasteiger partial charge in [-0.05, 0) is 38.5 Å². The van der Waals surface area contributed by atoms with Crippen molar-refractivity contribution in [1.29, 1.82) is 0 Å². The van der Waals surface area contributed by atoms with Crippen LogP contribution < -0.4 is 4.90 Å². The summed E-state index contributed by atoms with van der Waals surface area (Å²) in [4.78, 5) is 14.0. The molecule has 5 nitrogen and oxygen atoms in total. The SMILES string of the molecule is Cc1nc(C)c(Cc2ccc(Cl)cc2)c(N2CCN(CC(C)O)CC2)n1. The predicted molar refractivity (Wildman–Crippen MR) is 106 cm³/mol. The first-order valence-electron chi connectivity index (χ1n) is 9.16. The lowest BCUT2D eigenvalue weighted by atomic mass is 10.0. The molecule has 1 fully saturated rings. The van der Waals surface area contributed by atoms with E-state index in [0.717, 1.165) is 61.5 Å². The Kier molecular flexibility index (Phi) is 6.12. The lowest BCUT2D eigenvalue weighted by Gasteiger charge is -2.37. The molecule has 1 aromatic heterocycles. The van der Waals surface area contributed by atoms with E-state index in [1.54, 1.807) is 0 Å². The van der Waals surface area contributed by atoms with Gasteiger partial charge in [0.25, 0.3) is 0 Å². The topological polar surface area (TPSA) is 52.5 Å². The predicted octanol–water partition coefficient (Wildman–Crippen LogP) is 2.84. The number of aliphatic hydroxyl groups excluding tert-OH is 1. The van der Waals surface area contributed by atoms with Crippen LogP contribution in [0, 0.1) is 13.8 Å². The Morgan fingerprint density at radius 3 is 2.35 bits per heavy atom. The van der Waals surface area contributed by atoms with E-state index < -0.39 is 0 Å². The highest BCUT2D eigenvalue weighted by Gasteiger charge is 2.22. The third-order valence-electron chi connectivity index (χ3n) is 4.79. The quantitative estimate of drug-likeness (QED) is 0.872. The summed E-state index contributed by atoms with van der Waals surface area (Å²) < 4.78 is 0. The van der Waals surface area contributed by atoms with Gasteiger partial charge in [0, 0.05) is 55.4 Å². The summed E-state index contributed by atoms with van der Waals surface area (Å²) >= 11 is 6.01. The minimum absolute atomic E-state index is 0.287. The number of aromatic nitrogens is 2. The molecule has 0 bridgehead atoms. The molecule has 2 aromatic rings. The van der Waals surface area contributed by atoms with Crippen molar-refractivity contribution in [3.8, 4) is 0 Å². The summed E-state index contributed by atoms with van der Waals surface area (Å²) in [6.07, 6.45) is 0.512. The molecule has 140 valence electrons. The number of hydrogen-bond donors (Lipinski definition) is 1. The monoisotopic (exact) mass is 374 g/mol. The van der Waals surface area contributed by atoms with Crippen LogP contribution in [0.3, 0.4) is 0 Å². The third kappa shape index (κ3) is 4.72. The lowest BCUT2D eigenvalue weighted by molar-refractivity contribution is 0.122. The van der Waals surface area contributed by atoms with E-state index in [9.17, 15) is 5.11 Å². The first-order valence-corrected chi connectivity index (χ1v) is 9.54. The largest absolute Gasteiger partial charge is 0.392 e. The molecule has 1 atom stereocenters. The van der Waals surface area contributed by atoms with Gasteiger partial charge in [-0.1, -0.05) is 23.7 Å². The molecular weight excluding hydrogens is 348 g/mol. The van der Waals surface area contributed by atoms with Crippen LogP contribution in [-0.4, -0.2) is 58.8 Å². The maximum atomic E-state index is 9.60. The van der Waals surface area contributed by atoms with Crippen LogP contribution in [0.1, 0.15) is 29.6 Å². The van der Waals surface area contributed by atoms with Gasteiger partial charge < -0.3 is 10.0 Å². The third-order valence-corrected chi connectivity index (χ3v) is 5.04. The summed E-state index contributed by atoms with van der Waals surface area (Å²) in [6, 6.07) is 7.98. The van der Waals surface area contributed by atoms with Gasteiger partial charge in [-0.25, -0.2) is 9.97 Å². The van der Waals surface area contributed by atoms with Gasteiger partial charge in [0.05, 0.1) is 6.10 Å². The zero-order valence-electron chi connectivity index (χ0n) is 15.7. The second-order valence-electron chi connectivity index (χ2n) is 7.10. The molecule has 1 saturated heterocycles. The molecule has 1 aliphatic rings. The molecule has 0 amide bonds. The van der Waals surface area contributed by atoms with Gasteiger partial charge in [0.2, 0.25) is 0 Å². The molecular formula is C20H27ClN4O. The molecule has 0 aliphatic carbocycles. The first kappa shape index (κ1) is 19.1. The highest BCUT2D eigenvalue weighted by Crippen LogP contribution is 2.25. The van der Waals surface area contributed by atoms with E-state index in [2.05, 4.69) is 33.8 Å². The lowest BCUT2D eigenvalue weighted by Crippen LogP contribution is -2.48. The van der Waals surface area contributed by atoms with Crippen molar-refractivity contribution in [2.45, 2.75) is 33.3 Å². The van der Waals surface area contributed by atoms with E-state index in [0.29, 0.717) is 0 Å². The van der Waals surface area contributed by atoms with Crippen molar-refractivity contribution >= 4 is 17.4 Å². The average Bonchev–Trinajstić information content (AvgIpc) is 2.59. The number of halogens is 1. The maximum absolute atomic E-state index is 9.60. The van der Waals surface area contributed by atoms with Crippen LogP contribution >= 0.6 is 11.6 Å². The van der Waals surface area contributed by atoms with Crippen molar-refractivity contribution in [3.05, 3.63) is 51.9 Å². The molecule has 0 saturated carbocycles. The number of aryl methyl sites for hydroxylation is 2. The summed E-state index contributed by atoms with van der Waals surface area (Å²) in [5.41, 5.74) is 3.43. The Morgan fingerprint density at radius 1 is 1.08 bits per heavy atom. The van der Waals surface area contributed by atoms with E-state index in [-0.39, 0.29) is 6.10 Å². The number of aliphatic hydroxyl groups is 1. The van der Waals surface area contributed by atoms with Gasteiger partial charge in [-0.2, -0.15) is 0 Å². The summed E-state index contributed by atoms with van der Waals surface area (Å²) in [5, 5.41) is 10.4. The molecule has 2 heterocycles. The van der Waals surface area contributed by atoms with Crippen molar-refractivity contribution in [2.75, 3.05) is 37.6 Å². The van der Waals surface area contributed by atoms with E-state index >= 15 is 0 Å². The number of β-amino-alcohol motifs (C(OH)–C–C–N with tert-alkyl or cyclic N) is 1. The highest BCUT2D eigenvalue weighted by atomic mass is 35.5. The number of anilines is 1. The van der Waals surface area contributed by atoms with Gasteiger partial charge in [0.1, 0.15) is 11.6 Å². The Morgan fingerprint density at radius 2 is 1.73 bits per heavy atom. The van der Waals surface area contributed by atoms with Gasteiger partial charge >= 0.3 is 0 Å². The van der Waals surface area contributed by atoms with Crippen molar-refractivity contribution < 1.29 is 5.11 Å². The molecule has 1 unspecified atom stereocenters. The van der Waals surface area contributed by atoms with Gasteiger partial charge in [-0.3, -0.25) is 4.90 Å². The first-order chi connectivity index (χ1) is 12.4. The molecule has 3 rings (SSSR count).